The van der Waals surface area contributed by atoms with Crippen LogP contribution >= 0.6 is 0 Å². The molecule has 4 rings (SSSR count). The molecule has 1 atom stereocenters. The second-order valence-corrected chi connectivity index (χ2v) is 7.82. The van der Waals surface area contributed by atoms with Gasteiger partial charge in [-0.05, 0) is 37.6 Å². The number of ether oxygens (including phenoxy) is 1. The lowest BCUT2D eigenvalue weighted by molar-refractivity contribution is 0.122. The molecule has 0 spiro atoms. The monoisotopic (exact) mass is 409 g/mol. The van der Waals surface area contributed by atoms with Crippen molar-refractivity contribution >= 4 is 11.8 Å². The zero-order valence-electron chi connectivity index (χ0n) is 17.4. The minimum atomic E-state index is -0.146. The highest BCUT2D eigenvalue weighted by atomic mass is 16.5. The van der Waals surface area contributed by atoms with Gasteiger partial charge in [-0.2, -0.15) is 0 Å². The zero-order chi connectivity index (χ0) is 20.6. The van der Waals surface area contributed by atoms with Crippen molar-refractivity contribution in [3.05, 3.63) is 59.8 Å². The van der Waals surface area contributed by atoms with Crippen molar-refractivity contribution < 1.29 is 9.53 Å². The molecular weight excluding hydrogens is 378 g/mol. The van der Waals surface area contributed by atoms with Crippen LogP contribution < -0.4 is 15.5 Å². The van der Waals surface area contributed by atoms with Crippen LogP contribution in [0.1, 0.15) is 30.0 Å². The van der Waals surface area contributed by atoms with Crippen molar-refractivity contribution in [1.82, 2.24) is 20.5 Å². The van der Waals surface area contributed by atoms with Gasteiger partial charge in [0.2, 0.25) is 0 Å². The first kappa shape index (κ1) is 20.6. The Kier molecular flexibility index (Phi) is 7.16. The first-order chi connectivity index (χ1) is 14.8. The fourth-order valence-electron chi connectivity index (χ4n) is 4.24. The number of likely N-dealkylation sites (tertiary alicyclic amines) is 1. The molecule has 3 heterocycles. The van der Waals surface area contributed by atoms with Crippen LogP contribution in [0, 0.1) is 0 Å². The number of amides is 2. The first-order valence-electron chi connectivity index (χ1n) is 10.9. The Morgan fingerprint density at radius 3 is 2.53 bits per heavy atom. The van der Waals surface area contributed by atoms with Gasteiger partial charge in [-0.3, -0.25) is 4.90 Å². The largest absolute Gasteiger partial charge is 0.378 e. The SMILES string of the molecule is O=C(NCc1cccnc1N1CCOCC1)NCC(c1ccccc1)N1CCCC1. The molecular formula is C23H31N5O2. The quantitative estimate of drug-likeness (QED) is 0.736. The lowest BCUT2D eigenvalue weighted by Crippen LogP contribution is -2.42. The second-order valence-electron chi connectivity index (χ2n) is 7.82. The smallest absolute Gasteiger partial charge is 0.315 e. The van der Waals surface area contributed by atoms with Crippen LogP contribution in [0.25, 0.3) is 0 Å². The number of rotatable bonds is 7. The third kappa shape index (κ3) is 5.29. The molecule has 1 aromatic carbocycles. The molecule has 2 fully saturated rings. The van der Waals surface area contributed by atoms with Crippen LogP contribution in [0.2, 0.25) is 0 Å². The lowest BCUT2D eigenvalue weighted by Gasteiger charge is -2.29. The topological polar surface area (TPSA) is 69.7 Å². The Morgan fingerprint density at radius 1 is 1.00 bits per heavy atom. The standard InChI is InChI=1S/C23H31N5O2/c29-23(25-17-20-9-6-10-24-22(20)28-13-15-30-16-14-28)26-18-21(27-11-4-5-12-27)19-7-2-1-3-8-19/h1-3,6-10,21H,4-5,11-18H2,(H2,25,26,29). The van der Waals surface area contributed by atoms with E-state index in [0.29, 0.717) is 26.3 Å². The van der Waals surface area contributed by atoms with E-state index in [1.807, 2.05) is 18.2 Å². The van der Waals surface area contributed by atoms with Gasteiger partial charge in [0.1, 0.15) is 5.82 Å². The van der Waals surface area contributed by atoms with Crippen LogP contribution in [0.3, 0.4) is 0 Å². The van der Waals surface area contributed by atoms with Crippen molar-refractivity contribution in [2.75, 3.05) is 50.8 Å². The third-order valence-corrected chi connectivity index (χ3v) is 5.84. The fourth-order valence-corrected chi connectivity index (χ4v) is 4.24. The number of benzene rings is 1. The molecule has 0 bridgehead atoms. The third-order valence-electron chi connectivity index (χ3n) is 5.84. The highest BCUT2D eigenvalue weighted by Crippen LogP contribution is 2.24. The Bertz CT molecular complexity index is 804. The number of pyridine rings is 1. The van der Waals surface area contributed by atoms with E-state index in [1.165, 1.54) is 18.4 Å². The Morgan fingerprint density at radius 2 is 1.77 bits per heavy atom. The summed E-state index contributed by atoms with van der Waals surface area (Å²) in [6, 6.07) is 14.5. The number of nitrogens with one attached hydrogen (secondary N) is 2. The van der Waals surface area contributed by atoms with E-state index in [0.717, 1.165) is 37.6 Å². The Hall–Kier alpha value is -2.64. The van der Waals surface area contributed by atoms with Crippen LogP contribution in [0.4, 0.5) is 10.6 Å². The molecule has 0 radical (unpaired) electrons. The number of hydrogen-bond acceptors (Lipinski definition) is 5. The van der Waals surface area contributed by atoms with Gasteiger partial charge < -0.3 is 20.3 Å². The van der Waals surface area contributed by atoms with E-state index in [-0.39, 0.29) is 12.1 Å². The van der Waals surface area contributed by atoms with E-state index >= 15 is 0 Å². The van der Waals surface area contributed by atoms with Crippen molar-refractivity contribution in [1.29, 1.82) is 0 Å². The molecule has 7 nitrogen and oxygen atoms in total. The predicted octanol–water partition coefficient (Wildman–Crippen LogP) is 2.55. The number of urea groups is 1. The maximum absolute atomic E-state index is 12.6. The summed E-state index contributed by atoms with van der Waals surface area (Å²) in [7, 11) is 0. The summed E-state index contributed by atoms with van der Waals surface area (Å²) >= 11 is 0. The molecule has 7 heteroatoms. The summed E-state index contributed by atoms with van der Waals surface area (Å²) in [5.41, 5.74) is 2.27. The summed E-state index contributed by atoms with van der Waals surface area (Å²) in [6.45, 7) is 6.28. The summed E-state index contributed by atoms with van der Waals surface area (Å²) < 4.78 is 5.44. The van der Waals surface area contributed by atoms with Crippen LogP contribution in [-0.4, -0.2) is 61.9 Å². The van der Waals surface area contributed by atoms with Gasteiger partial charge in [0.25, 0.3) is 0 Å². The van der Waals surface area contributed by atoms with E-state index in [2.05, 4.69) is 49.7 Å². The van der Waals surface area contributed by atoms with Crippen molar-refractivity contribution in [2.24, 2.45) is 0 Å². The molecule has 2 aromatic rings. The molecule has 160 valence electrons. The van der Waals surface area contributed by atoms with Gasteiger partial charge >= 0.3 is 6.03 Å². The summed E-state index contributed by atoms with van der Waals surface area (Å²) in [5, 5.41) is 6.09. The Balaban J connectivity index is 1.33. The van der Waals surface area contributed by atoms with Crippen molar-refractivity contribution in [3.63, 3.8) is 0 Å². The molecule has 0 saturated carbocycles. The number of carbonyl (C=O) groups is 1. The first-order valence-corrected chi connectivity index (χ1v) is 10.9. The molecule has 2 amide bonds. The fraction of sp³-hybridized carbons (Fsp3) is 0.478. The summed E-state index contributed by atoms with van der Waals surface area (Å²) in [4.78, 5) is 21.8. The van der Waals surface area contributed by atoms with Crippen LogP contribution in [-0.2, 0) is 11.3 Å². The minimum Gasteiger partial charge on any atom is -0.378 e. The van der Waals surface area contributed by atoms with Crippen LogP contribution in [0.15, 0.2) is 48.7 Å². The van der Waals surface area contributed by atoms with Gasteiger partial charge in [-0.15, -0.1) is 0 Å². The number of carbonyl (C=O) groups excluding carboxylic acids is 1. The van der Waals surface area contributed by atoms with E-state index in [1.54, 1.807) is 6.20 Å². The lowest BCUT2D eigenvalue weighted by atomic mass is 10.1. The number of aromatic nitrogens is 1. The van der Waals surface area contributed by atoms with Gasteiger partial charge in [-0.25, -0.2) is 9.78 Å². The zero-order valence-corrected chi connectivity index (χ0v) is 17.4. The summed E-state index contributed by atoms with van der Waals surface area (Å²) in [6.07, 6.45) is 4.25. The molecule has 2 aliphatic rings. The Labute approximate surface area is 178 Å². The average molecular weight is 410 g/mol. The summed E-state index contributed by atoms with van der Waals surface area (Å²) in [5.74, 6) is 0.931. The molecule has 2 N–H and O–H groups in total. The highest BCUT2D eigenvalue weighted by Gasteiger charge is 2.24. The molecule has 0 aliphatic carbocycles. The maximum atomic E-state index is 12.6. The number of anilines is 1. The van der Waals surface area contributed by atoms with Gasteiger partial charge in [0.15, 0.2) is 0 Å². The van der Waals surface area contributed by atoms with Crippen molar-refractivity contribution in [3.8, 4) is 0 Å². The molecule has 2 aliphatic heterocycles. The number of nitrogens with zero attached hydrogens (tertiary/aromatic N) is 3. The minimum absolute atomic E-state index is 0.146. The van der Waals surface area contributed by atoms with Gasteiger partial charge in [0, 0.05) is 37.9 Å². The molecule has 2 saturated heterocycles. The van der Waals surface area contributed by atoms with E-state index in [9.17, 15) is 4.79 Å². The predicted molar refractivity (Wildman–Crippen MR) is 117 cm³/mol. The number of hydrogen-bond donors (Lipinski definition) is 2. The van der Waals surface area contributed by atoms with E-state index < -0.39 is 0 Å². The van der Waals surface area contributed by atoms with Gasteiger partial charge in [-0.1, -0.05) is 36.4 Å². The highest BCUT2D eigenvalue weighted by molar-refractivity contribution is 5.74. The molecule has 30 heavy (non-hydrogen) atoms. The molecule has 1 aromatic heterocycles. The van der Waals surface area contributed by atoms with Crippen LogP contribution in [0.5, 0.6) is 0 Å². The number of morpholine rings is 1. The van der Waals surface area contributed by atoms with E-state index in [4.69, 9.17) is 4.74 Å². The van der Waals surface area contributed by atoms with Crippen molar-refractivity contribution in [2.45, 2.75) is 25.4 Å². The van der Waals surface area contributed by atoms with Gasteiger partial charge in [0.05, 0.1) is 19.3 Å². The second kappa shape index (κ2) is 10.4. The maximum Gasteiger partial charge on any atom is 0.315 e. The molecule has 1 unspecified atom stereocenters. The average Bonchev–Trinajstić information content (AvgIpc) is 3.34. The normalized spacial score (nSPS) is 18.2.